The first-order chi connectivity index (χ1) is 10.2. The van der Waals surface area contributed by atoms with Crippen LogP contribution < -0.4 is 5.73 Å². The lowest BCUT2D eigenvalue weighted by Gasteiger charge is -2.20. The molecule has 0 spiro atoms. The average molecular weight is 288 g/mol. The number of nitrogens with two attached hydrogens (primary N) is 1. The van der Waals surface area contributed by atoms with Crippen LogP contribution in [0.3, 0.4) is 0 Å². The molecule has 0 saturated heterocycles. The SMILES string of the molecule is CCc1ccc(-c2nc(C(N)CN(CC)CC)no2)cc1. The van der Waals surface area contributed by atoms with Gasteiger partial charge in [0.1, 0.15) is 0 Å². The van der Waals surface area contributed by atoms with Gasteiger partial charge in [-0.15, -0.1) is 0 Å². The Labute approximate surface area is 126 Å². The highest BCUT2D eigenvalue weighted by Gasteiger charge is 2.17. The van der Waals surface area contributed by atoms with Gasteiger partial charge in [0, 0.05) is 12.1 Å². The van der Waals surface area contributed by atoms with Crippen molar-refractivity contribution >= 4 is 0 Å². The minimum atomic E-state index is -0.225. The third-order valence-electron chi connectivity index (χ3n) is 3.73. The molecule has 114 valence electrons. The first kappa shape index (κ1) is 15.7. The molecule has 2 aromatic rings. The molecule has 0 amide bonds. The molecule has 1 heterocycles. The molecule has 1 unspecified atom stereocenters. The Morgan fingerprint density at radius 2 is 1.81 bits per heavy atom. The lowest BCUT2D eigenvalue weighted by Crippen LogP contribution is -2.32. The van der Waals surface area contributed by atoms with E-state index in [0.717, 1.165) is 31.6 Å². The van der Waals surface area contributed by atoms with Gasteiger partial charge >= 0.3 is 0 Å². The van der Waals surface area contributed by atoms with Crippen molar-refractivity contribution < 1.29 is 4.52 Å². The number of hydrogen-bond acceptors (Lipinski definition) is 5. The van der Waals surface area contributed by atoms with Gasteiger partial charge in [-0.3, -0.25) is 0 Å². The second-order valence-electron chi connectivity index (χ2n) is 5.10. The van der Waals surface area contributed by atoms with Crippen LogP contribution in [0.15, 0.2) is 28.8 Å². The average Bonchev–Trinajstić information content (AvgIpc) is 3.02. The van der Waals surface area contributed by atoms with Gasteiger partial charge < -0.3 is 15.2 Å². The quantitative estimate of drug-likeness (QED) is 0.848. The molecule has 21 heavy (non-hydrogen) atoms. The van der Waals surface area contributed by atoms with Crippen LogP contribution in [0.4, 0.5) is 0 Å². The summed E-state index contributed by atoms with van der Waals surface area (Å²) in [6.45, 7) is 9.04. The summed E-state index contributed by atoms with van der Waals surface area (Å²) in [7, 11) is 0. The van der Waals surface area contributed by atoms with E-state index in [2.05, 4.69) is 47.9 Å². The number of rotatable bonds is 7. The Morgan fingerprint density at radius 3 is 2.38 bits per heavy atom. The van der Waals surface area contributed by atoms with E-state index in [0.29, 0.717) is 11.7 Å². The van der Waals surface area contributed by atoms with Crippen LogP contribution in [0, 0.1) is 0 Å². The van der Waals surface area contributed by atoms with Crippen LogP contribution in [0.1, 0.15) is 38.2 Å². The molecular formula is C16H24N4O. The number of hydrogen-bond donors (Lipinski definition) is 1. The minimum absolute atomic E-state index is 0.225. The van der Waals surface area contributed by atoms with Crippen molar-refractivity contribution in [3.05, 3.63) is 35.7 Å². The summed E-state index contributed by atoms with van der Waals surface area (Å²) >= 11 is 0. The lowest BCUT2D eigenvalue weighted by atomic mass is 10.1. The van der Waals surface area contributed by atoms with Crippen LogP contribution in [0.2, 0.25) is 0 Å². The zero-order valence-electron chi connectivity index (χ0n) is 13.0. The lowest BCUT2D eigenvalue weighted by molar-refractivity contribution is 0.278. The van der Waals surface area contributed by atoms with Crippen LogP contribution in [0.25, 0.3) is 11.5 Å². The number of aryl methyl sites for hydroxylation is 1. The summed E-state index contributed by atoms with van der Waals surface area (Å²) in [5.74, 6) is 1.10. The zero-order chi connectivity index (χ0) is 15.2. The van der Waals surface area contributed by atoms with Crippen molar-refractivity contribution in [3.8, 4) is 11.5 Å². The number of nitrogens with zero attached hydrogens (tertiary/aromatic N) is 3. The van der Waals surface area contributed by atoms with Crippen molar-refractivity contribution in [3.63, 3.8) is 0 Å². The highest BCUT2D eigenvalue weighted by Crippen LogP contribution is 2.19. The predicted molar refractivity (Wildman–Crippen MR) is 83.8 cm³/mol. The van der Waals surface area contributed by atoms with E-state index >= 15 is 0 Å². The highest BCUT2D eigenvalue weighted by atomic mass is 16.5. The molecule has 0 aliphatic carbocycles. The molecule has 0 saturated carbocycles. The highest BCUT2D eigenvalue weighted by molar-refractivity contribution is 5.53. The van der Waals surface area contributed by atoms with Crippen molar-refractivity contribution in [2.45, 2.75) is 33.2 Å². The maximum atomic E-state index is 6.16. The van der Waals surface area contributed by atoms with Crippen molar-refractivity contribution in [2.75, 3.05) is 19.6 Å². The molecule has 1 aromatic heterocycles. The molecular weight excluding hydrogens is 264 g/mol. The zero-order valence-corrected chi connectivity index (χ0v) is 13.0. The summed E-state index contributed by atoms with van der Waals surface area (Å²) in [6.07, 6.45) is 1.02. The van der Waals surface area contributed by atoms with E-state index in [9.17, 15) is 0 Å². The van der Waals surface area contributed by atoms with E-state index in [-0.39, 0.29) is 6.04 Å². The summed E-state index contributed by atoms with van der Waals surface area (Å²) in [5, 5.41) is 4.02. The van der Waals surface area contributed by atoms with Gasteiger partial charge in [0.15, 0.2) is 5.82 Å². The molecule has 2 N–H and O–H groups in total. The van der Waals surface area contributed by atoms with Crippen LogP contribution in [0.5, 0.6) is 0 Å². The summed E-state index contributed by atoms with van der Waals surface area (Å²) < 4.78 is 5.33. The summed E-state index contributed by atoms with van der Waals surface area (Å²) in [6, 6.07) is 7.94. The summed E-state index contributed by atoms with van der Waals surface area (Å²) in [4.78, 5) is 6.67. The minimum Gasteiger partial charge on any atom is -0.334 e. The van der Waals surface area contributed by atoms with Gasteiger partial charge in [0.05, 0.1) is 6.04 Å². The molecule has 1 aromatic carbocycles. The van der Waals surface area contributed by atoms with E-state index in [4.69, 9.17) is 10.3 Å². The molecule has 5 heteroatoms. The Hall–Kier alpha value is -1.72. The summed E-state index contributed by atoms with van der Waals surface area (Å²) in [5.41, 5.74) is 8.38. The maximum Gasteiger partial charge on any atom is 0.257 e. The number of aromatic nitrogens is 2. The molecule has 2 rings (SSSR count). The second kappa shape index (κ2) is 7.33. The fraction of sp³-hybridized carbons (Fsp3) is 0.500. The molecule has 0 fully saturated rings. The topological polar surface area (TPSA) is 68.2 Å². The Kier molecular flexibility index (Phi) is 5.47. The Bertz CT molecular complexity index is 546. The molecule has 5 nitrogen and oxygen atoms in total. The third-order valence-corrected chi connectivity index (χ3v) is 3.73. The van der Waals surface area contributed by atoms with Crippen LogP contribution >= 0.6 is 0 Å². The Morgan fingerprint density at radius 1 is 1.14 bits per heavy atom. The maximum absolute atomic E-state index is 6.16. The van der Waals surface area contributed by atoms with Gasteiger partial charge in [-0.25, -0.2) is 0 Å². The predicted octanol–water partition coefficient (Wildman–Crippen LogP) is 2.64. The van der Waals surface area contributed by atoms with E-state index in [1.165, 1.54) is 5.56 Å². The van der Waals surface area contributed by atoms with Crippen molar-refractivity contribution in [1.29, 1.82) is 0 Å². The van der Waals surface area contributed by atoms with Gasteiger partial charge in [0.2, 0.25) is 0 Å². The molecule has 0 aliphatic rings. The number of benzene rings is 1. The second-order valence-corrected chi connectivity index (χ2v) is 5.10. The van der Waals surface area contributed by atoms with E-state index < -0.39 is 0 Å². The fourth-order valence-corrected chi connectivity index (χ4v) is 2.23. The first-order valence-electron chi connectivity index (χ1n) is 7.58. The van der Waals surface area contributed by atoms with Gasteiger partial charge in [-0.05, 0) is 37.2 Å². The normalized spacial score (nSPS) is 12.8. The smallest absolute Gasteiger partial charge is 0.257 e. The third kappa shape index (κ3) is 3.89. The van der Waals surface area contributed by atoms with Crippen molar-refractivity contribution in [2.24, 2.45) is 5.73 Å². The monoisotopic (exact) mass is 288 g/mol. The van der Waals surface area contributed by atoms with Crippen molar-refractivity contribution in [1.82, 2.24) is 15.0 Å². The molecule has 0 bridgehead atoms. The number of likely N-dealkylation sites (N-methyl/N-ethyl adjacent to an activating group) is 1. The first-order valence-corrected chi connectivity index (χ1v) is 7.58. The van der Waals surface area contributed by atoms with E-state index in [1.807, 2.05) is 12.1 Å². The standard InChI is InChI=1S/C16H24N4O/c1-4-12-7-9-13(10-8-12)16-18-15(19-21-16)14(17)11-20(5-2)6-3/h7-10,14H,4-6,11,17H2,1-3H3. The molecule has 1 atom stereocenters. The van der Waals surface area contributed by atoms with E-state index in [1.54, 1.807) is 0 Å². The van der Waals surface area contributed by atoms with Gasteiger partial charge in [-0.1, -0.05) is 38.1 Å². The fourth-order valence-electron chi connectivity index (χ4n) is 2.23. The molecule has 0 radical (unpaired) electrons. The van der Waals surface area contributed by atoms with Gasteiger partial charge in [-0.2, -0.15) is 4.98 Å². The molecule has 0 aliphatic heterocycles. The Balaban J connectivity index is 2.09. The van der Waals surface area contributed by atoms with Crippen LogP contribution in [-0.4, -0.2) is 34.7 Å². The van der Waals surface area contributed by atoms with Gasteiger partial charge in [0.25, 0.3) is 5.89 Å². The largest absolute Gasteiger partial charge is 0.334 e. The van der Waals surface area contributed by atoms with Crippen LogP contribution in [-0.2, 0) is 6.42 Å².